The first-order valence-corrected chi connectivity index (χ1v) is 7.53. The normalized spacial score (nSPS) is 22.2. The topological polar surface area (TPSA) is 35.5 Å². The number of ether oxygens (including phenoxy) is 2. The van der Waals surface area contributed by atoms with E-state index in [1.807, 2.05) is 18.2 Å². The average Bonchev–Trinajstić information content (AvgIpc) is 2.46. The minimum absolute atomic E-state index is 0.144. The Morgan fingerprint density at radius 3 is 2.55 bits per heavy atom. The summed E-state index contributed by atoms with van der Waals surface area (Å²) in [5.41, 5.74) is 1.39. The lowest BCUT2D eigenvalue weighted by molar-refractivity contribution is -0.0663. The van der Waals surface area contributed by atoms with Gasteiger partial charge in [-0.2, -0.15) is 0 Å². The predicted molar refractivity (Wildman–Crippen MR) is 77.2 cm³/mol. The van der Waals surface area contributed by atoms with Crippen LogP contribution in [0.4, 0.5) is 0 Å². The molecule has 1 saturated carbocycles. The number of ketones is 1. The molecule has 3 rings (SSSR count). The van der Waals surface area contributed by atoms with Crippen molar-refractivity contribution in [2.45, 2.75) is 43.6 Å². The van der Waals surface area contributed by atoms with Crippen LogP contribution in [0.5, 0.6) is 0 Å². The Morgan fingerprint density at radius 1 is 1.25 bits per heavy atom. The molecule has 1 aliphatic carbocycles. The highest BCUT2D eigenvalue weighted by atomic mass is 16.5. The molecule has 108 valence electrons. The molecule has 0 atom stereocenters. The fourth-order valence-electron chi connectivity index (χ4n) is 3.25. The second-order valence-electron chi connectivity index (χ2n) is 5.85. The molecule has 1 aromatic carbocycles. The minimum Gasteiger partial charge on any atom is -0.381 e. The fourth-order valence-corrected chi connectivity index (χ4v) is 3.25. The molecule has 3 heteroatoms. The number of carbonyl (C=O) groups is 1. The summed E-state index contributed by atoms with van der Waals surface area (Å²) in [7, 11) is 1.65. The lowest BCUT2D eigenvalue weighted by Crippen LogP contribution is -2.46. The highest BCUT2D eigenvalue weighted by molar-refractivity contribution is 6.04. The summed E-state index contributed by atoms with van der Waals surface area (Å²) in [5, 5.41) is 0. The Bertz CT molecular complexity index is 485. The van der Waals surface area contributed by atoms with E-state index >= 15 is 0 Å². The maximum absolute atomic E-state index is 13.0. The van der Waals surface area contributed by atoms with Crippen molar-refractivity contribution in [1.82, 2.24) is 0 Å². The molecule has 0 amide bonds. The monoisotopic (exact) mass is 274 g/mol. The molecule has 0 spiro atoms. The third-order valence-electron chi connectivity index (χ3n) is 4.86. The van der Waals surface area contributed by atoms with E-state index in [0.29, 0.717) is 32.0 Å². The summed E-state index contributed by atoms with van der Waals surface area (Å²) in [6.45, 7) is 1.20. The van der Waals surface area contributed by atoms with Gasteiger partial charge in [0.05, 0.1) is 0 Å². The van der Waals surface area contributed by atoms with Crippen LogP contribution in [0, 0.1) is 0 Å². The Labute approximate surface area is 120 Å². The third kappa shape index (κ3) is 2.29. The minimum atomic E-state index is -0.682. The number of carbonyl (C=O) groups excluding carboxylic acids is 1. The van der Waals surface area contributed by atoms with Crippen molar-refractivity contribution in [3.63, 3.8) is 0 Å². The molecule has 0 aromatic heterocycles. The van der Waals surface area contributed by atoms with Gasteiger partial charge in [0.1, 0.15) is 5.60 Å². The van der Waals surface area contributed by atoms with Gasteiger partial charge in [-0.25, -0.2) is 0 Å². The van der Waals surface area contributed by atoms with Crippen LogP contribution in [0.1, 0.15) is 53.9 Å². The zero-order valence-corrected chi connectivity index (χ0v) is 12.1. The van der Waals surface area contributed by atoms with E-state index in [-0.39, 0.29) is 5.78 Å². The molecular formula is C17H22O3. The van der Waals surface area contributed by atoms with E-state index in [0.717, 1.165) is 5.56 Å². The number of methoxy groups -OCH3 is 1. The Balaban J connectivity index is 1.93. The van der Waals surface area contributed by atoms with Crippen LogP contribution < -0.4 is 0 Å². The first-order chi connectivity index (χ1) is 9.77. The summed E-state index contributed by atoms with van der Waals surface area (Å²) >= 11 is 0. The first kappa shape index (κ1) is 13.8. The average molecular weight is 274 g/mol. The second-order valence-corrected chi connectivity index (χ2v) is 5.85. The van der Waals surface area contributed by atoms with Gasteiger partial charge in [0, 0.05) is 38.7 Å². The van der Waals surface area contributed by atoms with Crippen molar-refractivity contribution < 1.29 is 14.3 Å². The summed E-state index contributed by atoms with van der Waals surface area (Å²) in [4.78, 5) is 13.0. The van der Waals surface area contributed by atoms with Gasteiger partial charge in [-0.15, -0.1) is 0 Å². The van der Waals surface area contributed by atoms with Crippen LogP contribution in [0.25, 0.3) is 0 Å². The zero-order chi connectivity index (χ0) is 14.0. The highest BCUT2D eigenvalue weighted by Gasteiger charge is 2.42. The Hall–Kier alpha value is -1.19. The Morgan fingerprint density at radius 2 is 1.95 bits per heavy atom. The summed E-state index contributed by atoms with van der Waals surface area (Å²) < 4.78 is 11.0. The van der Waals surface area contributed by atoms with Gasteiger partial charge >= 0.3 is 0 Å². The summed E-state index contributed by atoms with van der Waals surface area (Å²) in [5.74, 6) is 0.703. The molecule has 2 fully saturated rings. The van der Waals surface area contributed by atoms with Crippen LogP contribution in [-0.4, -0.2) is 31.7 Å². The molecule has 1 saturated heterocycles. The van der Waals surface area contributed by atoms with E-state index in [4.69, 9.17) is 9.47 Å². The lowest BCUT2D eigenvalue weighted by Gasteiger charge is -2.36. The number of hydrogen-bond donors (Lipinski definition) is 0. The van der Waals surface area contributed by atoms with Crippen LogP contribution >= 0.6 is 0 Å². The summed E-state index contributed by atoms with van der Waals surface area (Å²) in [6.07, 6.45) is 4.99. The SMILES string of the molecule is COC1(C(=O)c2ccccc2C2CCC2)CCOCC1. The lowest BCUT2D eigenvalue weighted by atomic mass is 9.75. The van der Waals surface area contributed by atoms with Crippen molar-refractivity contribution in [3.8, 4) is 0 Å². The van der Waals surface area contributed by atoms with E-state index < -0.39 is 5.60 Å². The molecule has 1 aliphatic heterocycles. The molecule has 1 aromatic rings. The van der Waals surface area contributed by atoms with E-state index in [1.165, 1.54) is 24.8 Å². The van der Waals surface area contributed by atoms with E-state index in [2.05, 4.69) is 6.07 Å². The van der Waals surface area contributed by atoms with Crippen molar-refractivity contribution in [3.05, 3.63) is 35.4 Å². The number of Topliss-reactive ketones (excluding diaryl/α,β-unsaturated/α-hetero) is 1. The van der Waals surface area contributed by atoms with Gasteiger partial charge in [0.25, 0.3) is 0 Å². The maximum atomic E-state index is 13.0. The third-order valence-corrected chi connectivity index (χ3v) is 4.86. The number of hydrogen-bond acceptors (Lipinski definition) is 3. The zero-order valence-electron chi connectivity index (χ0n) is 12.1. The van der Waals surface area contributed by atoms with Gasteiger partial charge in [0.15, 0.2) is 5.78 Å². The fraction of sp³-hybridized carbons (Fsp3) is 0.588. The molecule has 0 unspecified atom stereocenters. The number of rotatable bonds is 4. The highest BCUT2D eigenvalue weighted by Crippen LogP contribution is 2.40. The van der Waals surface area contributed by atoms with Gasteiger partial charge in [-0.1, -0.05) is 30.7 Å². The smallest absolute Gasteiger partial charge is 0.195 e. The maximum Gasteiger partial charge on any atom is 0.195 e. The number of benzene rings is 1. The van der Waals surface area contributed by atoms with Crippen molar-refractivity contribution in [2.75, 3.05) is 20.3 Å². The largest absolute Gasteiger partial charge is 0.381 e. The quantitative estimate of drug-likeness (QED) is 0.790. The van der Waals surface area contributed by atoms with Crippen LogP contribution in [0.3, 0.4) is 0 Å². The van der Waals surface area contributed by atoms with E-state index in [1.54, 1.807) is 7.11 Å². The van der Waals surface area contributed by atoms with E-state index in [9.17, 15) is 4.79 Å². The molecule has 0 radical (unpaired) electrons. The van der Waals surface area contributed by atoms with Crippen molar-refractivity contribution in [2.24, 2.45) is 0 Å². The molecular weight excluding hydrogens is 252 g/mol. The van der Waals surface area contributed by atoms with Crippen LogP contribution in [0.15, 0.2) is 24.3 Å². The molecule has 1 heterocycles. The van der Waals surface area contributed by atoms with Gasteiger partial charge < -0.3 is 9.47 Å². The first-order valence-electron chi connectivity index (χ1n) is 7.53. The Kier molecular flexibility index (Phi) is 3.90. The second kappa shape index (κ2) is 5.66. The molecule has 0 bridgehead atoms. The van der Waals surface area contributed by atoms with Gasteiger partial charge in [-0.3, -0.25) is 4.79 Å². The molecule has 2 aliphatic rings. The van der Waals surface area contributed by atoms with Crippen molar-refractivity contribution >= 4 is 5.78 Å². The standard InChI is InChI=1S/C17H22O3/c1-19-17(9-11-20-12-10-17)16(18)15-8-3-2-7-14(15)13-5-4-6-13/h2-3,7-8,13H,4-6,9-12H2,1H3. The predicted octanol–water partition coefficient (Wildman–Crippen LogP) is 3.33. The molecule has 3 nitrogen and oxygen atoms in total. The van der Waals surface area contributed by atoms with Crippen LogP contribution in [0.2, 0.25) is 0 Å². The van der Waals surface area contributed by atoms with Crippen molar-refractivity contribution in [1.29, 1.82) is 0 Å². The van der Waals surface area contributed by atoms with Gasteiger partial charge in [0.2, 0.25) is 0 Å². The van der Waals surface area contributed by atoms with Gasteiger partial charge in [-0.05, 0) is 24.3 Å². The summed E-state index contributed by atoms with van der Waals surface area (Å²) in [6, 6.07) is 8.07. The van der Waals surface area contributed by atoms with Crippen LogP contribution in [-0.2, 0) is 9.47 Å². The molecule has 0 N–H and O–H groups in total. The molecule has 20 heavy (non-hydrogen) atoms.